The van der Waals surface area contributed by atoms with Crippen LogP contribution in [0.2, 0.25) is 0 Å². The molecule has 4 nitrogen and oxygen atoms in total. The van der Waals surface area contributed by atoms with Crippen LogP contribution in [0.3, 0.4) is 0 Å². The summed E-state index contributed by atoms with van der Waals surface area (Å²) in [4.78, 5) is 1.44. The lowest BCUT2D eigenvalue weighted by molar-refractivity contribution is 0.778. The van der Waals surface area contributed by atoms with Crippen LogP contribution in [0.1, 0.15) is 0 Å². The van der Waals surface area contributed by atoms with E-state index in [0.29, 0.717) is 0 Å². The predicted octanol–water partition coefficient (Wildman–Crippen LogP) is -0.936. The minimum absolute atomic E-state index is 0.249. The second-order valence-electron chi connectivity index (χ2n) is 1.21. The highest BCUT2D eigenvalue weighted by Gasteiger charge is 1.89. The molecule has 0 bridgehead atoms. The Morgan fingerprint density at radius 2 is 2.38 bits per heavy atom. The largest absolute Gasteiger partial charge is 0.376 e. The Labute approximate surface area is 53.1 Å². The van der Waals surface area contributed by atoms with Gasteiger partial charge in [0.1, 0.15) is 6.34 Å². The zero-order chi connectivity index (χ0) is 6.57. The third-order valence-electron chi connectivity index (χ3n) is 0.587. The maximum absolute atomic E-state index is 5.13. The minimum atomic E-state index is 0.249. The fourth-order valence-electron chi connectivity index (χ4n) is 0.157. The van der Waals surface area contributed by atoms with E-state index in [1.807, 2.05) is 0 Å². The van der Waals surface area contributed by atoms with Crippen molar-refractivity contribution in [3.63, 3.8) is 0 Å². The summed E-state index contributed by atoms with van der Waals surface area (Å²) in [6.07, 6.45) is 1.34. The number of nitrogens with zero attached hydrogens (tertiary/aromatic N) is 2. The number of hydrogen-bond acceptors (Lipinski definition) is 3. The third-order valence-corrected chi connectivity index (χ3v) is 0.875. The van der Waals surface area contributed by atoms with Gasteiger partial charge in [0.25, 0.3) is 0 Å². The number of hydrazone groups is 1. The van der Waals surface area contributed by atoms with Gasteiger partial charge in [0, 0.05) is 7.05 Å². The molecule has 4 N–H and O–H groups in total. The summed E-state index contributed by atoms with van der Waals surface area (Å²) in [5.41, 5.74) is 5.13. The fraction of sp³-hybridized carbons (Fsp3) is 0.333. The van der Waals surface area contributed by atoms with Crippen molar-refractivity contribution < 1.29 is 0 Å². The average Bonchev–Trinajstić information content (AvgIpc) is 1.67. The van der Waals surface area contributed by atoms with E-state index in [1.54, 1.807) is 7.05 Å². The smallest absolute Gasteiger partial charge is 0.171 e. The number of rotatable bonds is 1. The monoisotopic (exact) mass is 132 g/mol. The van der Waals surface area contributed by atoms with Crippen molar-refractivity contribution >= 4 is 23.7 Å². The highest BCUT2D eigenvalue weighted by Crippen LogP contribution is 1.72. The molecule has 0 radical (unpaired) electrons. The van der Waals surface area contributed by atoms with E-state index in [1.165, 1.54) is 11.2 Å². The first-order chi connectivity index (χ1) is 3.68. The van der Waals surface area contributed by atoms with Gasteiger partial charge in [0.2, 0.25) is 0 Å². The van der Waals surface area contributed by atoms with E-state index in [9.17, 15) is 0 Å². The first-order valence-electron chi connectivity index (χ1n) is 1.94. The summed E-state index contributed by atoms with van der Waals surface area (Å²) in [6, 6.07) is 0. The van der Waals surface area contributed by atoms with E-state index >= 15 is 0 Å². The Hall–Kier alpha value is -0.840. The number of thiocarbonyl (C=S) groups is 1. The molecule has 46 valence electrons. The second-order valence-corrected chi connectivity index (χ2v) is 1.63. The summed E-state index contributed by atoms with van der Waals surface area (Å²) in [5.74, 6) is 4.78. The van der Waals surface area contributed by atoms with E-state index < -0.39 is 0 Å². The second kappa shape index (κ2) is 3.20. The molecule has 0 saturated heterocycles. The maximum atomic E-state index is 5.13. The Morgan fingerprint density at radius 1 is 1.88 bits per heavy atom. The van der Waals surface area contributed by atoms with Crippen molar-refractivity contribution in [3.8, 4) is 0 Å². The van der Waals surface area contributed by atoms with Gasteiger partial charge in [-0.2, -0.15) is 5.10 Å². The average molecular weight is 132 g/mol. The normalized spacial score (nSPS) is 9.62. The van der Waals surface area contributed by atoms with E-state index in [2.05, 4.69) is 17.3 Å². The lowest BCUT2D eigenvalue weighted by Crippen LogP contribution is -2.30. The Bertz CT molecular complexity index is 110. The molecule has 0 spiro atoms. The van der Waals surface area contributed by atoms with Gasteiger partial charge in [0.05, 0.1) is 0 Å². The van der Waals surface area contributed by atoms with Crippen LogP contribution in [0.5, 0.6) is 0 Å². The molecular weight excluding hydrogens is 124 g/mol. The predicted molar refractivity (Wildman–Crippen MR) is 37.2 cm³/mol. The molecule has 0 rings (SSSR count). The van der Waals surface area contributed by atoms with Crippen molar-refractivity contribution in [1.29, 1.82) is 0 Å². The third kappa shape index (κ3) is 2.35. The molecule has 0 heterocycles. The topological polar surface area (TPSA) is 67.6 Å². The van der Waals surface area contributed by atoms with Crippen LogP contribution in [-0.2, 0) is 0 Å². The highest BCUT2D eigenvalue weighted by atomic mass is 32.1. The van der Waals surface area contributed by atoms with Crippen molar-refractivity contribution in [2.45, 2.75) is 0 Å². The summed E-state index contributed by atoms with van der Waals surface area (Å²) in [6.45, 7) is 0. The summed E-state index contributed by atoms with van der Waals surface area (Å²) in [7, 11) is 1.67. The molecule has 0 aromatic rings. The van der Waals surface area contributed by atoms with E-state index in [4.69, 9.17) is 11.6 Å². The van der Waals surface area contributed by atoms with Crippen LogP contribution < -0.4 is 11.6 Å². The first-order valence-corrected chi connectivity index (χ1v) is 2.35. The van der Waals surface area contributed by atoms with Crippen LogP contribution in [0.15, 0.2) is 5.10 Å². The van der Waals surface area contributed by atoms with E-state index in [-0.39, 0.29) is 5.11 Å². The Morgan fingerprint density at radius 3 is 2.50 bits per heavy atom. The lowest BCUT2D eigenvalue weighted by Gasteiger charge is -2.06. The number of hydrogen-bond donors (Lipinski definition) is 2. The molecule has 0 aliphatic rings. The molecule has 0 aliphatic heterocycles. The highest BCUT2D eigenvalue weighted by molar-refractivity contribution is 7.80. The molecule has 8 heavy (non-hydrogen) atoms. The van der Waals surface area contributed by atoms with Crippen LogP contribution in [-0.4, -0.2) is 23.4 Å². The molecule has 0 aliphatic carbocycles. The molecule has 0 aromatic carbocycles. The summed E-state index contributed by atoms with van der Waals surface area (Å²) < 4.78 is 0. The molecule has 0 atom stereocenters. The molecule has 5 heteroatoms. The van der Waals surface area contributed by atoms with Crippen molar-refractivity contribution in [3.05, 3.63) is 0 Å². The van der Waals surface area contributed by atoms with Gasteiger partial charge in [-0.15, -0.1) is 0 Å². The zero-order valence-corrected chi connectivity index (χ0v) is 5.35. The molecule has 0 fully saturated rings. The molecular formula is C3H8N4S. The standard InChI is InChI=1S/C3H8N4S/c1-7(2-6-5)3(4)8/h2H,5H2,1H3,(H2,4,8)/b6-2+. The van der Waals surface area contributed by atoms with Crippen LogP contribution in [0, 0.1) is 0 Å². The summed E-state index contributed by atoms with van der Waals surface area (Å²) in [5, 5.41) is 3.44. The van der Waals surface area contributed by atoms with Gasteiger partial charge in [0.15, 0.2) is 5.11 Å². The quantitative estimate of drug-likeness (QED) is 0.159. The van der Waals surface area contributed by atoms with Crippen LogP contribution in [0.4, 0.5) is 0 Å². The van der Waals surface area contributed by atoms with Crippen LogP contribution in [0.25, 0.3) is 0 Å². The van der Waals surface area contributed by atoms with Gasteiger partial charge >= 0.3 is 0 Å². The Kier molecular flexibility index (Phi) is 2.86. The van der Waals surface area contributed by atoms with Gasteiger partial charge in [-0.1, -0.05) is 0 Å². The van der Waals surface area contributed by atoms with Crippen LogP contribution >= 0.6 is 12.2 Å². The molecule has 0 aromatic heterocycles. The molecule has 0 amide bonds. The fourth-order valence-corrected chi connectivity index (χ4v) is 0.204. The number of nitrogens with two attached hydrogens (primary N) is 2. The Balaban J connectivity index is 3.64. The minimum Gasteiger partial charge on any atom is -0.376 e. The lowest BCUT2D eigenvalue weighted by atomic mass is 10.9. The van der Waals surface area contributed by atoms with Gasteiger partial charge in [-0.05, 0) is 12.2 Å². The SMILES string of the molecule is CN(/C=N/N)C(N)=S. The van der Waals surface area contributed by atoms with E-state index in [0.717, 1.165) is 0 Å². The summed E-state index contributed by atoms with van der Waals surface area (Å²) >= 11 is 4.54. The van der Waals surface area contributed by atoms with Gasteiger partial charge < -0.3 is 16.5 Å². The maximum Gasteiger partial charge on any atom is 0.171 e. The zero-order valence-electron chi connectivity index (χ0n) is 4.53. The van der Waals surface area contributed by atoms with Crippen molar-refractivity contribution in [2.24, 2.45) is 16.7 Å². The molecule has 0 unspecified atom stereocenters. The van der Waals surface area contributed by atoms with Crippen molar-refractivity contribution in [1.82, 2.24) is 4.90 Å². The van der Waals surface area contributed by atoms with Gasteiger partial charge in [-0.3, -0.25) is 0 Å². The van der Waals surface area contributed by atoms with Crippen molar-refractivity contribution in [2.75, 3.05) is 7.05 Å². The van der Waals surface area contributed by atoms with Gasteiger partial charge in [-0.25, -0.2) is 0 Å². The molecule has 0 saturated carbocycles. The first kappa shape index (κ1) is 7.16.